The molecule has 0 bridgehead atoms. The summed E-state index contributed by atoms with van der Waals surface area (Å²) in [6.07, 6.45) is -2.37. The van der Waals surface area contributed by atoms with E-state index in [-0.39, 0.29) is 17.4 Å². The van der Waals surface area contributed by atoms with Gasteiger partial charge in [0.1, 0.15) is 17.2 Å². The Balaban J connectivity index is 1.87. The number of H-pyrrole nitrogens is 1. The van der Waals surface area contributed by atoms with Gasteiger partial charge >= 0.3 is 12.5 Å². The number of amides is 1. The van der Waals surface area contributed by atoms with E-state index < -0.39 is 18.1 Å². The third kappa shape index (κ3) is 5.43. The lowest BCUT2D eigenvalue weighted by molar-refractivity contribution is -0.274. The quantitative estimate of drug-likeness (QED) is 0.607. The minimum atomic E-state index is -4.82. The monoisotopic (exact) mass is 475 g/mol. The van der Waals surface area contributed by atoms with Gasteiger partial charge in [-0.15, -0.1) is 13.2 Å². The molecule has 1 aromatic carbocycles. The number of hydrogen-bond acceptors (Lipinski definition) is 4. The van der Waals surface area contributed by atoms with Crippen molar-refractivity contribution in [2.45, 2.75) is 51.6 Å². The summed E-state index contributed by atoms with van der Waals surface area (Å²) in [6, 6.07) is 4.03. The predicted molar refractivity (Wildman–Crippen MR) is 103 cm³/mol. The molecule has 0 unspecified atom stereocenters. The van der Waals surface area contributed by atoms with Crippen LogP contribution in [0.1, 0.15) is 45.5 Å². The van der Waals surface area contributed by atoms with Crippen molar-refractivity contribution in [3.8, 4) is 17.0 Å². The summed E-state index contributed by atoms with van der Waals surface area (Å²) in [5.41, 5.74) is -0.0475. The second kappa shape index (κ2) is 7.89. The van der Waals surface area contributed by atoms with Crippen LogP contribution in [0.25, 0.3) is 11.3 Å². The predicted octanol–water partition coefficient (Wildman–Crippen LogP) is 5.81. The van der Waals surface area contributed by atoms with Crippen molar-refractivity contribution in [3.05, 3.63) is 34.7 Å². The summed E-state index contributed by atoms with van der Waals surface area (Å²) in [4.78, 5) is 21.4. The van der Waals surface area contributed by atoms with Crippen molar-refractivity contribution in [2.75, 3.05) is 6.54 Å². The lowest BCUT2D eigenvalue weighted by Gasteiger charge is -2.27. The molecule has 158 valence electrons. The number of rotatable bonds is 3. The molecule has 1 aromatic heterocycles. The first-order valence-electron chi connectivity index (χ1n) is 9.03. The molecular formula is C19H21BrF3N3O3. The molecule has 2 heterocycles. The van der Waals surface area contributed by atoms with E-state index in [1.165, 1.54) is 18.3 Å². The molecule has 1 N–H and O–H groups in total. The van der Waals surface area contributed by atoms with Crippen LogP contribution in [0.2, 0.25) is 0 Å². The first-order chi connectivity index (χ1) is 13.4. The molecule has 1 aliphatic heterocycles. The number of imidazole rings is 1. The molecule has 10 heteroatoms. The zero-order valence-corrected chi connectivity index (χ0v) is 17.7. The van der Waals surface area contributed by atoms with Crippen LogP contribution in [0.15, 0.2) is 28.9 Å². The van der Waals surface area contributed by atoms with E-state index in [1.807, 2.05) is 0 Å². The first-order valence-corrected chi connectivity index (χ1v) is 9.82. The molecule has 0 spiro atoms. The molecule has 1 atom stereocenters. The van der Waals surface area contributed by atoms with Crippen LogP contribution < -0.4 is 4.74 Å². The second-order valence-corrected chi connectivity index (χ2v) is 8.62. The van der Waals surface area contributed by atoms with Gasteiger partial charge in [-0.2, -0.15) is 0 Å². The smallest absolute Gasteiger partial charge is 0.444 e. The number of aromatic nitrogens is 2. The Morgan fingerprint density at radius 2 is 2.03 bits per heavy atom. The number of halogens is 4. The lowest BCUT2D eigenvalue weighted by atomic mass is 10.1. The van der Waals surface area contributed by atoms with Crippen LogP contribution >= 0.6 is 15.9 Å². The van der Waals surface area contributed by atoms with E-state index in [2.05, 4.69) is 30.6 Å². The van der Waals surface area contributed by atoms with Gasteiger partial charge in [0, 0.05) is 16.6 Å². The number of carbonyl (C=O) groups is 1. The average Bonchev–Trinajstić information content (AvgIpc) is 3.20. The Kier molecular flexibility index (Phi) is 5.84. The number of benzene rings is 1. The fraction of sp³-hybridized carbons (Fsp3) is 0.474. The van der Waals surface area contributed by atoms with E-state index in [0.717, 1.165) is 6.42 Å². The molecule has 0 aliphatic carbocycles. The Morgan fingerprint density at radius 1 is 1.31 bits per heavy atom. The first kappa shape index (κ1) is 21.5. The summed E-state index contributed by atoms with van der Waals surface area (Å²) >= 11 is 3.15. The summed E-state index contributed by atoms with van der Waals surface area (Å²) < 4.78 is 48.4. The Hall–Kier alpha value is -2.23. The van der Waals surface area contributed by atoms with Gasteiger partial charge in [-0.3, -0.25) is 4.90 Å². The van der Waals surface area contributed by atoms with Crippen LogP contribution in [0, 0.1) is 0 Å². The number of hydrogen-bond donors (Lipinski definition) is 1. The van der Waals surface area contributed by atoms with E-state index in [4.69, 9.17) is 4.74 Å². The van der Waals surface area contributed by atoms with Gasteiger partial charge < -0.3 is 14.5 Å². The number of likely N-dealkylation sites (tertiary alicyclic amines) is 1. The minimum Gasteiger partial charge on any atom is -0.444 e. The third-order valence-electron chi connectivity index (χ3n) is 4.25. The maximum atomic E-state index is 12.8. The van der Waals surface area contributed by atoms with Gasteiger partial charge in [0.2, 0.25) is 0 Å². The topological polar surface area (TPSA) is 67.4 Å². The van der Waals surface area contributed by atoms with Crippen molar-refractivity contribution in [3.63, 3.8) is 0 Å². The Bertz CT molecular complexity index is 893. The SMILES string of the molecule is CC(C)(C)OC(=O)N1CCC[C@H]1c1ncc(-c2ccc(Br)cc2OC(F)(F)F)[nH]1. The maximum Gasteiger partial charge on any atom is 0.573 e. The van der Waals surface area contributed by atoms with Crippen LogP contribution in [-0.2, 0) is 4.74 Å². The van der Waals surface area contributed by atoms with Crippen molar-refractivity contribution in [1.29, 1.82) is 0 Å². The molecule has 1 amide bonds. The van der Waals surface area contributed by atoms with Gasteiger partial charge in [-0.1, -0.05) is 15.9 Å². The van der Waals surface area contributed by atoms with Crippen molar-refractivity contribution < 1.29 is 27.4 Å². The van der Waals surface area contributed by atoms with Crippen LogP contribution in [-0.4, -0.2) is 39.5 Å². The van der Waals surface area contributed by atoms with Gasteiger partial charge in [0.15, 0.2) is 0 Å². The molecule has 0 radical (unpaired) electrons. The highest BCUT2D eigenvalue weighted by molar-refractivity contribution is 9.10. The number of nitrogens with zero attached hydrogens (tertiary/aromatic N) is 2. The largest absolute Gasteiger partial charge is 0.573 e. The summed E-state index contributed by atoms with van der Waals surface area (Å²) in [7, 11) is 0. The highest BCUT2D eigenvalue weighted by Gasteiger charge is 2.35. The van der Waals surface area contributed by atoms with E-state index in [1.54, 1.807) is 31.7 Å². The van der Waals surface area contributed by atoms with Gasteiger partial charge in [0.05, 0.1) is 17.9 Å². The zero-order valence-electron chi connectivity index (χ0n) is 16.1. The molecular weight excluding hydrogens is 455 g/mol. The van der Waals surface area contributed by atoms with E-state index in [9.17, 15) is 18.0 Å². The maximum absolute atomic E-state index is 12.8. The van der Waals surface area contributed by atoms with Crippen molar-refractivity contribution in [1.82, 2.24) is 14.9 Å². The fourth-order valence-corrected chi connectivity index (χ4v) is 3.50. The third-order valence-corrected chi connectivity index (χ3v) is 4.74. The molecule has 1 aliphatic rings. The van der Waals surface area contributed by atoms with E-state index in [0.29, 0.717) is 29.0 Å². The normalized spacial score (nSPS) is 17.5. The Morgan fingerprint density at radius 3 is 2.69 bits per heavy atom. The molecule has 29 heavy (non-hydrogen) atoms. The second-order valence-electron chi connectivity index (χ2n) is 7.70. The van der Waals surface area contributed by atoms with Gasteiger partial charge in [-0.05, 0) is 51.8 Å². The van der Waals surface area contributed by atoms with Crippen LogP contribution in [0.5, 0.6) is 5.75 Å². The van der Waals surface area contributed by atoms with E-state index >= 15 is 0 Å². The molecule has 2 aromatic rings. The van der Waals surface area contributed by atoms with Crippen LogP contribution in [0.4, 0.5) is 18.0 Å². The summed E-state index contributed by atoms with van der Waals surface area (Å²) in [5, 5.41) is 0. The molecule has 1 saturated heterocycles. The summed E-state index contributed by atoms with van der Waals surface area (Å²) in [6.45, 7) is 5.89. The molecule has 0 saturated carbocycles. The number of carbonyl (C=O) groups excluding carboxylic acids is 1. The fourth-order valence-electron chi connectivity index (χ4n) is 3.16. The summed E-state index contributed by atoms with van der Waals surface area (Å²) in [5.74, 6) is 0.140. The standard InChI is InChI=1S/C19H21BrF3N3O3/c1-18(2,3)29-17(27)26-8-4-5-14(26)16-24-10-13(25-16)12-7-6-11(20)9-15(12)28-19(21,22)23/h6-7,9-10,14H,4-5,8H2,1-3H3,(H,24,25)/t14-/m0/s1. The molecule has 6 nitrogen and oxygen atoms in total. The van der Waals surface area contributed by atoms with Crippen LogP contribution in [0.3, 0.4) is 0 Å². The highest BCUT2D eigenvalue weighted by Crippen LogP contribution is 2.37. The molecule has 3 rings (SSSR count). The number of nitrogens with one attached hydrogen (secondary N) is 1. The Labute approximate surface area is 174 Å². The highest BCUT2D eigenvalue weighted by atomic mass is 79.9. The number of ether oxygens (including phenoxy) is 2. The number of alkyl halides is 3. The lowest BCUT2D eigenvalue weighted by Crippen LogP contribution is -2.36. The average molecular weight is 476 g/mol. The van der Waals surface area contributed by atoms with Gasteiger partial charge in [0.25, 0.3) is 0 Å². The van der Waals surface area contributed by atoms with Crippen molar-refractivity contribution >= 4 is 22.0 Å². The van der Waals surface area contributed by atoms with Crippen molar-refractivity contribution in [2.24, 2.45) is 0 Å². The molecule has 1 fully saturated rings. The minimum absolute atomic E-state index is 0.214. The zero-order chi connectivity index (χ0) is 21.4. The van der Waals surface area contributed by atoms with Gasteiger partial charge in [-0.25, -0.2) is 9.78 Å². The number of aromatic amines is 1.